The van der Waals surface area contributed by atoms with E-state index in [0.717, 1.165) is 12.0 Å². The summed E-state index contributed by atoms with van der Waals surface area (Å²) in [5.41, 5.74) is 2.44. The van der Waals surface area contributed by atoms with Crippen molar-refractivity contribution in [3.63, 3.8) is 0 Å². The molecule has 1 aliphatic heterocycles. The molecule has 0 unspecified atom stereocenters. The SMILES string of the molecule is CC[C@@H](C)c1ccccc1NC(=O)COC(=O)C1=NN(c2ccccc2)C(=O)CC1. The van der Waals surface area contributed by atoms with E-state index in [1.54, 1.807) is 24.3 Å². The molecular weight excluding hydrogens is 382 g/mol. The molecule has 0 saturated carbocycles. The zero-order valence-corrected chi connectivity index (χ0v) is 17.1. The van der Waals surface area contributed by atoms with Gasteiger partial charge >= 0.3 is 5.97 Å². The Morgan fingerprint density at radius 2 is 1.80 bits per heavy atom. The third-order valence-electron chi connectivity index (χ3n) is 4.98. The molecule has 0 saturated heterocycles. The van der Waals surface area contributed by atoms with Gasteiger partial charge in [-0.25, -0.2) is 9.80 Å². The summed E-state index contributed by atoms with van der Waals surface area (Å²) < 4.78 is 5.14. The van der Waals surface area contributed by atoms with E-state index in [-0.39, 0.29) is 24.5 Å². The van der Waals surface area contributed by atoms with Gasteiger partial charge in [0.25, 0.3) is 5.91 Å². The van der Waals surface area contributed by atoms with Gasteiger partial charge in [-0.2, -0.15) is 5.10 Å². The van der Waals surface area contributed by atoms with Crippen molar-refractivity contribution in [3.8, 4) is 0 Å². The number of rotatable bonds is 7. The largest absolute Gasteiger partial charge is 0.451 e. The van der Waals surface area contributed by atoms with Gasteiger partial charge in [0.05, 0.1) is 5.69 Å². The van der Waals surface area contributed by atoms with Gasteiger partial charge in [0, 0.05) is 18.5 Å². The number of carbonyl (C=O) groups is 3. The van der Waals surface area contributed by atoms with Gasteiger partial charge in [-0.3, -0.25) is 9.59 Å². The molecule has 30 heavy (non-hydrogen) atoms. The Bertz CT molecular complexity index is 956. The van der Waals surface area contributed by atoms with Crippen LogP contribution in [-0.2, 0) is 19.1 Å². The maximum Gasteiger partial charge on any atom is 0.355 e. The number of esters is 1. The average Bonchev–Trinajstić information content (AvgIpc) is 2.78. The molecule has 1 aliphatic rings. The molecule has 0 spiro atoms. The Morgan fingerprint density at radius 1 is 1.10 bits per heavy atom. The summed E-state index contributed by atoms with van der Waals surface area (Å²) in [6.07, 6.45) is 1.27. The summed E-state index contributed by atoms with van der Waals surface area (Å²) in [6.45, 7) is 3.75. The van der Waals surface area contributed by atoms with Gasteiger partial charge < -0.3 is 10.1 Å². The fourth-order valence-electron chi connectivity index (χ4n) is 3.13. The fraction of sp³-hybridized carbons (Fsp3) is 0.304. The Morgan fingerprint density at radius 3 is 2.53 bits per heavy atom. The summed E-state index contributed by atoms with van der Waals surface area (Å²) in [5.74, 6) is -1.03. The number of benzene rings is 2. The maximum absolute atomic E-state index is 12.4. The second-order valence-corrected chi connectivity index (χ2v) is 7.11. The zero-order chi connectivity index (χ0) is 21.5. The van der Waals surface area contributed by atoms with Crippen molar-refractivity contribution in [3.05, 3.63) is 60.2 Å². The van der Waals surface area contributed by atoms with Gasteiger partial charge in [-0.1, -0.05) is 50.2 Å². The molecule has 0 aromatic heterocycles. The van der Waals surface area contributed by atoms with Crippen molar-refractivity contribution in [2.45, 2.75) is 39.0 Å². The van der Waals surface area contributed by atoms with Gasteiger partial charge in [-0.15, -0.1) is 0 Å². The summed E-state index contributed by atoms with van der Waals surface area (Å²) in [4.78, 5) is 36.8. The number of nitrogens with one attached hydrogen (secondary N) is 1. The third-order valence-corrected chi connectivity index (χ3v) is 4.98. The third kappa shape index (κ3) is 5.11. The molecule has 0 radical (unpaired) electrons. The Balaban J connectivity index is 1.62. The molecule has 7 heteroatoms. The molecule has 0 bridgehead atoms. The molecule has 156 valence electrons. The Labute approximate surface area is 175 Å². The van der Waals surface area contributed by atoms with Crippen LogP contribution in [0.25, 0.3) is 0 Å². The fourth-order valence-corrected chi connectivity index (χ4v) is 3.13. The maximum atomic E-state index is 12.4. The number of para-hydroxylation sites is 2. The lowest BCUT2D eigenvalue weighted by Gasteiger charge is -2.22. The lowest BCUT2D eigenvalue weighted by molar-refractivity contribution is -0.140. The van der Waals surface area contributed by atoms with Crippen molar-refractivity contribution >= 4 is 34.9 Å². The normalized spacial score (nSPS) is 14.7. The van der Waals surface area contributed by atoms with E-state index in [2.05, 4.69) is 24.3 Å². The van der Waals surface area contributed by atoms with Gasteiger partial charge in [0.1, 0.15) is 5.71 Å². The van der Waals surface area contributed by atoms with Gasteiger partial charge in [0.15, 0.2) is 6.61 Å². The van der Waals surface area contributed by atoms with Crippen LogP contribution in [0.1, 0.15) is 44.6 Å². The number of carbonyl (C=O) groups excluding carboxylic acids is 3. The predicted molar refractivity (Wildman–Crippen MR) is 115 cm³/mol. The highest BCUT2D eigenvalue weighted by atomic mass is 16.5. The molecule has 2 amide bonds. The van der Waals surface area contributed by atoms with Gasteiger partial charge in [-0.05, 0) is 36.1 Å². The standard InChI is InChI=1S/C23H25N3O4/c1-3-16(2)18-11-7-8-12-19(18)24-21(27)15-30-23(29)20-13-14-22(28)26(25-20)17-9-5-4-6-10-17/h4-12,16H,3,13-15H2,1-2H3,(H,24,27)/t16-/m1/s1. The summed E-state index contributed by atoms with van der Waals surface area (Å²) in [6, 6.07) is 16.4. The molecular formula is C23H25N3O4. The van der Waals surface area contributed by atoms with Crippen LogP contribution in [-0.4, -0.2) is 30.1 Å². The van der Waals surface area contributed by atoms with Crippen LogP contribution in [0.5, 0.6) is 0 Å². The molecule has 1 N–H and O–H groups in total. The van der Waals surface area contributed by atoms with Crippen molar-refractivity contribution in [1.29, 1.82) is 0 Å². The second-order valence-electron chi connectivity index (χ2n) is 7.11. The van der Waals surface area contributed by atoms with Crippen LogP contribution in [0.2, 0.25) is 0 Å². The van der Waals surface area contributed by atoms with Crippen molar-refractivity contribution in [2.75, 3.05) is 16.9 Å². The van der Waals surface area contributed by atoms with E-state index in [1.165, 1.54) is 5.01 Å². The second kappa shape index (κ2) is 9.82. The number of nitrogens with zero attached hydrogens (tertiary/aromatic N) is 2. The van der Waals surface area contributed by atoms with Crippen LogP contribution < -0.4 is 10.3 Å². The van der Waals surface area contributed by atoms with Crippen molar-refractivity contribution < 1.29 is 19.1 Å². The molecule has 3 rings (SSSR count). The highest BCUT2D eigenvalue weighted by Crippen LogP contribution is 2.26. The minimum Gasteiger partial charge on any atom is -0.451 e. The molecule has 0 aliphatic carbocycles. The highest BCUT2D eigenvalue weighted by molar-refractivity contribution is 6.38. The first-order valence-corrected chi connectivity index (χ1v) is 10.0. The summed E-state index contributed by atoms with van der Waals surface area (Å²) in [7, 11) is 0. The van der Waals surface area contributed by atoms with Gasteiger partial charge in [0.2, 0.25) is 5.91 Å². The van der Waals surface area contributed by atoms with Crippen LogP contribution in [0, 0.1) is 0 Å². The predicted octanol–water partition coefficient (Wildman–Crippen LogP) is 3.86. The highest BCUT2D eigenvalue weighted by Gasteiger charge is 2.26. The van der Waals surface area contributed by atoms with Crippen molar-refractivity contribution in [1.82, 2.24) is 0 Å². The minimum absolute atomic E-state index is 0.117. The van der Waals surface area contributed by atoms with E-state index in [1.807, 2.05) is 30.3 Å². The topological polar surface area (TPSA) is 88.1 Å². The number of amides is 2. The van der Waals surface area contributed by atoms with E-state index in [9.17, 15) is 14.4 Å². The molecule has 7 nitrogen and oxygen atoms in total. The number of hydrogen-bond acceptors (Lipinski definition) is 5. The molecule has 2 aromatic rings. The lowest BCUT2D eigenvalue weighted by Crippen LogP contribution is -2.35. The summed E-state index contributed by atoms with van der Waals surface area (Å²) in [5, 5.41) is 8.14. The lowest BCUT2D eigenvalue weighted by atomic mass is 9.97. The number of anilines is 2. The average molecular weight is 407 g/mol. The van der Waals surface area contributed by atoms with Crippen LogP contribution >= 0.6 is 0 Å². The van der Waals surface area contributed by atoms with Crippen LogP contribution in [0.15, 0.2) is 59.7 Å². The molecule has 0 fully saturated rings. The first-order chi connectivity index (χ1) is 14.5. The zero-order valence-electron chi connectivity index (χ0n) is 17.1. The monoisotopic (exact) mass is 407 g/mol. The smallest absolute Gasteiger partial charge is 0.355 e. The van der Waals surface area contributed by atoms with E-state index < -0.39 is 18.5 Å². The first kappa shape index (κ1) is 21.2. The quantitative estimate of drug-likeness (QED) is 0.706. The molecule has 1 heterocycles. The Kier molecular flexibility index (Phi) is 6.95. The van der Waals surface area contributed by atoms with E-state index >= 15 is 0 Å². The number of hydrogen-bond donors (Lipinski definition) is 1. The van der Waals surface area contributed by atoms with Crippen LogP contribution in [0.3, 0.4) is 0 Å². The minimum atomic E-state index is -0.700. The molecule has 2 aromatic carbocycles. The number of hydrazone groups is 1. The van der Waals surface area contributed by atoms with E-state index in [4.69, 9.17) is 4.74 Å². The number of ether oxygens (including phenoxy) is 1. The molecule has 1 atom stereocenters. The van der Waals surface area contributed by atoms with Crippen molar-refractivity contribution in [2.24, 2.45) is 5.10 Å². The van der Waals surface area contributed by atoms with E-state index in [0.29, 0.717) is 17.3 Å². The Hall–Kier alpha value is -3.48. The summed E-state index contributed by atoms with van der Waals surface area (Å²) >= 11 is 0. The van der Waals surface area contributed by atoms with Crippen LogP contribution in [0.4, 0.5) is 11.4 Å². The first-order valence-electron chi connectivity index (χ1n) is 10.0.